The fraction of sp³-hybridized carbons (Fsp3) is 0.176. The third-order valence-electron chi connectivity index (χ3n) is 3.47. The molecule has 0 aliphatic rings. The molecule has 0 atom stereocenters. The number of nitrogen functional groups attached to an aromatic ring is 1. The predicted octanol–water partition coefficient (Wildman–Crippen LogP) is 4.43. The quantitative estimate of drug-likeness (QED) is 0.711. The Hall–Kier alpha value is -1.94. The van der Waals surface area contributed by atoms with E-state index in [1.807, 2.05) is 25.1 Å². The normalized spacial score (nSPS) is 11.0. The van der Waals surface area contributed by atoms with Crippen LogP contribution < -0.4 is 10.5 Å². The summed E-state index contributed by atoms with van der Waals surface area (Å²) in [6.45, 7) is 3.48. The zero-order valence-corrected chi connectivity index (χ0v) is 13.4. The van der Waals surface area contributed by atoms with Crippen LogP contribution in [0.5, 0.6) is 5.75 Å². The summed E-state index contributed by atoms with van der Waals surface area (Å²) < 4.78 is 8.80. The Morgan fingerprint density at radius 2 is 2.00 bits per heavy atom. The Bertz CT molecular complexity index is 780. The number of hydrogen-bond donors (Lipinski definition) is 1. The molecule has 3 rings (SSSR count). The summed E-state index contributed by atoms with van der Waals surface area (Å²) in [7, 11) is 0. The Kier molecular flexibility index (Phi) is 3.88. The van der Waals surface area contributed by atoms with Crippen LogP contribution in [0.15, 0.2) is 53.1 Å². The van der Waals surface area contributed by atoms with Crippen LogP contribution in [0.1, 0.15) is 12.5 Å². The first-order chi connectivity index (χ1) is 10.2. The Morgan fingerprint density at radius 3 is 2.76 bits per heavy atom. The molecule has 1 heterocycles. The van der Waals surface area contributed by atoms with E-state index in [0.29, 0.717) is 6.61 Å². The number of nitrogens with zero attached hydrogens (tertiary/aromatic N) is 1. The maximum atomic E-state index is 5.79. The van der Waals surface area contributed by atoms with Gasteiger partial charge < -0.3 is 15.0 Å². The van der Waals surface area contributed by atoms with Crippen LogP contribution in [0, 0.1) is 0 Å². The minimum atomic E-state index is 0.685. The highest BCUT2D eigenvalue weighted by Crippen LogP contribution is 2.25. The molecule has 2 N–H and O–H groups in total. The topological polar surface area (TPSA) is 40.2 Å². The van der Waals surface area contributed by atoms with E-state index in [2.05, 4.69) is 51.0 Å². The van der Waals surface area contributed by atoms with Crippen LogP contribution in [0.4, 0.5) is 5.69 Å². The van der Waals surface area contributed by atoms with Gasteiger partial charge in [0.25, 0.3) is 0 Å². The summed E-state index contributed by atoms with van der Waals surface area (Å²) in [5, 5.41) is 1.19. The van der Waals surface area contributed by atoms with Gasteiger partial charge in [0.15, 0.2) is 0 Å². The maximum Gasteiger partial charge on any atom is 0.120 e. The van der Waals surface area contributed by atoms with E-state index >= 15 is 0 Å². The summed E-state index contributed by atoms with van der Waals surface area (Å²) in [5.41, 5.74) is 8.95. The summed E-state index contributed by atoms with van der Waals surface area (Å²) in [4.78, 5) is 0. The van der Waals surface area contributed by atoms with Gasteiger partial charge >= 0.3 is 0 Å². The lowest BCUT2D eigenvalue weighted by molar-refractivity contribution is 0.340. The molecule has 3 aromatic rings. The predicted molar refractivity (Wildman–Crippen MR) is 90.8 cm³/mol. The third kappa shape index (κ3) is 2.90. The van der Waals surface area contributed by atoms with Crippen LogP contribution in [-0.4, -0.2) is 11.2 Å². The lowest BCUT2D eigenvalue weighted by Crippen LogP contribution is -1.99. The second-order valence-electron chi connectivity index (χ2n) is 4.95. The number of aromatic nitrogens is 1. The van der Waals surface area contributed by atoms with Crippen molar-refractivity contribution in [1.82, 2.24) is 4.57 Å². The number of fused-ring (bicyclic) bond motifs is 1. The lowest BCUT2D eigenvalue weighted by Gasteiger charge is -2.09. The van der Waals surface area contributed by atoms with E-state index in [1.165, 1.54) is 16.5 Å². The molecule has 1 aromatic heterocycles. The van der Waals surface area contributed by atoms with Crippen LogP contribution in [0.25, 0.3) is 10.9 Å². The van der Waals surface area contributed by atoms with Crippen molar-refractivity contribution in [2.24, 2.45) is 0 Å². The summed E-state index contributed by atoms with van der Waals surface area (Å²) in [6.07, 6.45) is 2.10. The van der Waals surface area contributed by atoms with Gasteiger partial charge in [-0.25, -0.2) is 0 Å². The molecule has 21 heavy (non-hydrogen) atoms. The first-order valence-electron chi connectivity index (χ1n) is 6.93. The fourth-order valence-electron chi connectivity index (χ4n) is 2.45. The fourth-order valence-corrected chi connectivity index (χ4v) is 2.97. The molecule has 0 aliphatic carbocycles. The second kappa shape index (κ2) is 5.82. The van der Waals surface area contributed by atoms with Crippen molar-refractivity contribution in [3.8, 4) is 5.75 Å². The smallest absolute Gasteiger partial charge is 0.120 e. The average Bonchev–Trinajstić information content (AvgIpc) is 2.85. The number of rotatable bonds is 4. The zero-order chi connectivity index (χ0) is 14.8. The van der Waals surface area contributed by atoms with Gasteiger partial charge in [0.2, 0.25) is 0 Å². The molecule has 3 nitrogen and oxygen atoms in total. The minimum absolute atomic E-state index is 0.685. The highest BCUT2D eigenvalue weighted by molar-refractivity contribution is 9.10. The van der Waals surface area contributed by atoms with E-state index in [-0.39, 0.29) is 0 Å². The standard InChI is InChI=1S/C17H17BrN2O/c1-2-21-15-5-6-17-12(9-15)7-8-20(17)11-13-3-4-14(19)10-16(13)18/h3-10H,2,11,19H2,1H3. The number of halogens is 1. The third-order valence-corrected chi connectivity index (χ3v) is 4.21. The van der Waals surface area contributed by atoms with Crippen molar-refractivity contribution in [2.45, 2.75) is 13.5 Å². The molecule has 0 bridgehead atoms. The van der Waals surface area contributed by atoms with Crippen LogP contribution in [-0.2, 0) is 6.54 Å². The number of anilines is 1. The summed E-state index contributed by atoms with van der Waals surface area (Å²) >= 11 is 3.58. The molecular formula is C17H17BrN2O. The monoisotopic (exact) mass is 344 g/mol. The Morgan fingerprint density at radius 1 is 1.14 bits per heavy atom. The summed E-state index contributed by atoms with van der Waals surface area (Å²) in [5.74, 6) is 0.913. The highest BCUT2D eigenvalue weighted by Gasteiger charge is 2.06. The van der Waals surface area contributed by atoms with E-state index in [4.69, 9.17) is 10.5 Å². The van der Waals surface area contributed by atoms with Crippen LogP contribution >= 0.6 is 15.9 Å². The minimum Gasteiger partial charge on any atom is -0.494 e. The molecule has 0 saturated carbocycles. The molecule has 0 aliphatic heterocycles. The van der Waals surface area contributed by atoms with E-state index in [1.54, 1.807) is 0 Å². The van der Waals surface area contributed by atoms with Crippen molar-refractivity contribution in [3.63, 3.8) is 0 Å². The zero-order valence-electron chi connectivity index (χ0n) is 11.8. The molecule has 108 valence electrons. The molecule has 0 radical (unpaired) electrons. The van der Waals surface area contributed by atoms with Gasteiger partial charge in [-0.05, 0) is 48.9 Å². The average molecular weight is 345 g/mol. The van der Waals surface area contributed by atoms with Crippen molar-refractivity contribution in [2.75, 3.05) is 12.3 Å². The SMILES string of the molecule is CCOc1ccc2c(ccn2Cc2ccc(N)cc2Br)c1. The van der Waals surface area contributed by atoms with Crippen molar-refractivity contribution < 1.29 is 4.74 Å². The lowest BCUT2D eigenvalue weighted by atomic mass is 10.2. The summed E-state index contributed by atoms with van der Waals surface area (Å²) in [6, 6.07) is 14.2. The number of nitrogens with two attached hydrogens (primary N) is 1. The molecule has 0 amide bonds. The van der Waals surface area contributed by atoms with Gasteiger partial charge in [0, 0.05) is 33.8 Å². The first-order valence-corrected chi connectivity index (χ1v) is 7.72. The largest absolute Gasteiger partial charge is 0.494 e. The Labute approximate surface area is 132 Å². The van der Waals surface area contributed by atoms with Gasteiger partial charge in [-0.2, -0.15) is 0 Å². The number of benzene rings is 2. The molecule has 0 unspecified atom stereocenters. The van der Waals surface area contributed by atoms with E-state index < -0.39 is 0 Å². The Balaban J connectivity index is 1.94. The molecule has 0 spiro atoms. The number of ether oxygens (including phenoxy) is 1. The van der Waals surface area contributed by atoms with Crippen LogP contribution in [0.2, 0.25) is 0 Å². The van der Waals surface area contributed by atoms with E-state index in [0.717, 1.165) is 22.5 Å². The molecular weight excluding hydrogens is 328 g/mol. The molecule has 0 saturated heterocycles. The first kappa shape index (κ1) is 14.0. The molecule has 4 heteroatoms. The number of hydrogen-bond acceptors (Lipinski definition) is 2. The van der Waals surface area contributed by atoms with Crippen molar-refractivity contribution >= 4 is 32.5 Å². The van der Waals surface area contributed by atoms with Gasteiger partial charge in [-0.3, -0.25) is 0 Å². The highest BCUT2D eigenvalue weighted by atomic mass is 79.9. The second-order valence-corrected chi connectivity index (χ2v) is 5.80. The molecule has 0 fully saturated rings. The van der Waals surface area contributed by atoms with E-state index in [9.17, 15) is 0 Å². The van der Waals surface area contributed by atoms with Crippen molar-refractivity contribution in [1.29, 1.82) is 0 Å². The van der Waals surface area contributed by atoms with Gasteiger partial charge in [0.05, 0.1) is 6.61 Å². The van der Waals surface area contributed by atoms with Crippen LogP contribution in [0.3, 0.4) is 0 Å². The van der Waals surface area contributed by atoms with Crippen molar-refractivity contribution in [3.05, 3.63) is 58.7 Å². The van der Waals surface area contributed by atoms with Gasteiger partial charge in [-0.15, -0.1) is 0 Å². The molecule has 2 aromatic carbocycles. The maximum absolute atomic E-state index is 5.79. The van der Waals surface area contributed by atoms with Gasteiger partial charge in [-0.1, -0.05) is 22.0 Å². The van der Waals surface area contributed by atoms with Gasteiger partial charge in [0.1, 0.15) is 5.75 Å².